The van der Waals surface area contributed by atoms with Crippen LogP contribution in [0.2, 0.25) is 0 Å². The number of hydrogen-bond donors (Lipinski definition) is 1. The molecule has 0 aliphatic carbocycles. The molecule has 0 saturated carbocycles. The van der Waals surface area contributed by atoms with Gasteiger partial charge in [0, 0.05) is 24.5 Å². The second kappa shape index (κ2) is 9.73. The van der Waals surface area contributed by atoms with Crippen LogP contribution in [-0.2, 0) is 16.1 Å². The fraction of sp³-hybridized carbons (Fsp3) is 0.333. The zero-order chi connectivity index (χ0) is 20.8. The van der Waals surface area contributed by atoms with Gasteiger partial charge < -0.3 is 15.0 Å². The highest BCUT2D eigenvalue weighted by Crippen LogP contribution is 2.23. The number of benzene rings is 2. The maximum Gasteiger partial charge on any atom is 0.237 e. The lowest BCUT2D eigenvalue weighted by Gasteiger charge is -2.28. The topological polar surface area (TPSA) is 85.2 Å². The van der Waals surface area contributed by atoms with Gasteiger partial charge in [0.05, 0.1) is 25.0 Å². The predicted molar refractivity (Wildman–Crippen MR) is 117 cm³/mol. The van der Waals surface area contributed by atoms with Crippen LogP contribution in [-0.4, -0.2) is 57.7 Å². The molecule has 2 heterocycles. The standard InChI is InChI=1S/C21H24N6O2S/c1-16(30-21-23-24-25-27(21)15-17-5-3-2-4-6-17)20(28)22-18-7-9-19(10-8-18)26-11-13-29-14-12-26/h2-10,16H,11-15H2,1H3,(H,22,28). The molecular weight excluding hydrogens is 400 g/mol. The van der Waals surface area contributed by atoms with Crippen molar-refractivity contribution < 1.29 is 9.53 Å². The number of nitrogens with one attached hydrogen (secondary N) is 1. The molecule has 2 aromatic carbocycles. The predicted octanol–water partition coefficient (Wildman–Crippen LogP) is 2.68. The van der Waals surface area contributed by atoms with Gasteiger partial charge in [0.2, 0.25) is 11.1 Å². The highest BCUT2D eigenvalue weighted by molar-refractivity contribution is 8.00. The van der Waals surface area contributed by atoms with Gasteiger partial charge in [-0.1, -0.05) is 42.1 Å². The molecule has 0 radical (unpaired) electrons. The summed E-state index contributed by atoms with van der Waals surface area (Å²) < 4.78 is 7.10. The first kappa shape index (κ1) is 20.4. The fourth-order valence-electron chi connectivity index (χ4n) is 3.17. The van der Waals surface area contributed by atoms with Crippen molar-refractivity contribution in [3.8, 4) is 0 Å². The van der Waals surface area contributed by atoms with Gasteiger partial charge in [-0.15, -0.1) is 5.10 Å². The Morgan fingerprint density at radius 1 is 1.13 bits per heavy atom. The highest BCUT2D eigenvalue weighted by Gasteiger charge is 2.19. The summed E-state index contributed by atoms with van der Waals surface area (Å²) in [4.78, 5) is 14.9. The Labute approximate surface area is 179 Å². The van der Waals surface area contributed by atoms with E-state index in [1.807, 2.05) is 61.5 Å². The normalized spacial score (nSPS) is 15.0. The van der Waals surface area contributed by atoms with E-state index in [9.17, 15) is 4.79 Å². The van der Waals surface area contributed by atoms with Crippen molar-refractivity contribution in [2.45, 2.75) is 23.9 Å². The molecule has 30 heavy (non-hydrogen) atoms. The molecule has 1 fully saturated rings. The molecule has 8 nitrogen and oxygen atoms in total. The molecule has 0 spiro atoms. The Hall–Kier alpha value is -2.91. The van der Waals surface area contributed by atoms with E-state index in [4.69, 9.17) is 4.74 Å². The van der Waals surface area contributed by atoms with Crippen LogP contribution in [0.3, 0.4) is 0 Å². The largest absolute Gasteiger partial charge is 0.378 e. The van der Waals surface area contributed by atoms with Gasteiger partial charge in [-0.2, -0.15) is 0 Å². The molecule has 1 aromatic heterocycles. The van der Waals surface area contributed by atoms with Crippen LogP contribution in [0.5, 0.6) is 0 Å². The van der Waals surface area contributed by atoms with Gasteiger partial charge in [-0.05, 0) is 47.2 Å². The molecule has 1 unspecified atom stereocenters. The second-order valence-corrected chi connectivity index (χ2v) is 8.31. The van der Waals surface area contributed by atoms with Crippen molar-refractivity contribution in [1.29, 1.82) is 0 Å². The number of rotatable bonds is 7. The average Bonchev–Trinajstić information content (AvgIpc) is 3.22. The molecule has 3 aromatic rings. The summed E-state index contributed by atoms with van der Waals surface area (Å²) in [5.41, 5.74) is 3.01. The number of hydrogen-bond acceptors (Lipinski definition) is 7. The van der Waals surface area contributed by atoms with Crippen LogP contribution in [0.15, 0.2) is 59.8 Å². The van der Waals surface area contributed by atoms with Crippen LogP contribution >= 0.6 is 11.8 Å². The number of anilines is 2. The van der Waals surface area contributed by atoms with Crippen molar-refractivity contribution in [3.63, 3.8) is 0 Å². The zero-order valence-electron chi connectivity index (χ0n) is 16.8. The Morgan fingerprint density at radius 3 is 2.60 bits per heavy atom. The number of tetrazole rings is 1. The molecule has 4 rings (SSSR count). The lowest BCUT2D eigenvalue weighted by Crippen LogP contribution is -2.36. The van der Waals surface area contributed by atoms with Gasteiger partial charge in [-0.3, -0.25) is 4.79 Å². The van der Waals surface area contributed by atoms with Gasteiger partial charge in [0.25, 0.3) is 0 Å². The van der Waals surface area contributed by atoms with Crippen LogP contribution in [0.25, 0.3) is 0 Å². The molecule has 1 aliphatic rings. The van der Waals surface area contributed by atoms with Crippen molar-refractivity contribution in [2.75, 3.05) is 36.5 Å². The number of ether oxygens (including phenoxy) is 1. The monoisotopic (exact) mass is 424 g/mol. The maximum absolute atomic E-state index is 12.7. The maximum atomic E-state index is 12.7. The van der Waals surface area contributed by atoms with Crippen molar-refractivity contribution >= 4 is 29.0 Å². The number of thioether (sulfide) groups is 1. The number of amides is 1. The first-order valence-corrected chi connectivity index (χ1v) is 10.8. The van der Waals surface area contributed by atoms with Crippen molar-refractivity contribution in [3.05, 3.63) is 60.2 Å². The summed E-state index contributed by atoms with van der Waals surface area (Å²) in [6, 6.07) is 17.9. The molecule has 0 bridgehead atoms. The average molecular weight is 425 g/mol. The summed E-state index contributed by atoms with van der Waals surface area (Å²) in [6.45, 7) is 5.68. The number of nitrogens with zero attached hydrogens (tertiary/aromatic N) is 5. The summed E-state index contributed by atoms with van der Waals surface area (Å²) in [5.74, 6) is -0.0895. The van der Waals surface area contributed by atoms with E-state index in [1.165, 1.54) is 11.8 Å². The lowest BCUT2D eigenvalue weighted by molar-refractivity contribution is -0.115. The number of morpholine rings is 1. The smallest absolute Gasteiger partial charge is 0.237 e. The first-order chi connectivity index (χ1) is 14.7. The molecule has 156 valence electrons. The highest BCUT2D eigenvalue weighted by atomic mass is 32.2. The van der Waals surface area contributed by atoms with Gasteiger partial charge in [0.1, 0.15) is 0 Å². The summed E-state index contributed by atoms with van der Waals surface area (Å²) in [6.07, 6.45) is 0. The second-order valence-electron chi connectivity index (χ2n) is 7.00. The molecule has 1 N–H and O–H groups in total. The minimum absolute atomic E-state index is 0.0895. The van der Waals surface area contributed by atoms with Crippen LogP contribution < -0.4 is 10.2 Å². The minimum Gasteiger partial charge on any atom is -0.378 e. The van der Waals surface area contributed by atoms with Crippen molar-refractivity contribution in [1.82, 2.24) is 20.2 Å². The third kappa shape index (κ3) is 5.17. The van der Waals surface area contributed by atoms with E-state index in [0.717, 1.165) is 43.2 Å². The lowest BCUT2D eigenvalue weighted by atomic mass is 10.2. The third-order valence-electron chi connectivity index (χ3n) is 4.84. The van der Waals surface area contributed by atoms with Crippen LogP contribution in [0, 0.1) is 0 Å². The molecule has 1 aliphatic heterocycles. The molecule has 1 amide bonds. The van der Waals surface area contributed by atoms with E-state index in [0.29, 0.717) is 11.7 Å². The molecular formula is C21H24N6O2S. The summed E-state index contributed by atoms with van der Waals surface area (Å²) in [7, 11) is 0. The summed E-state index contributed by atoms with van der Waals surface area (Å²) in [5, 5.41) is 15.1. The zero-order valence-corrected chi connectivity index (χ0v) is 17.6. The number of aromatic nitrogens is 4. The quantitative estimate of drug-likeness (QED) is 0.584. The molecule has 1 atom stereocenters. The van der Waals surface area contributed by atoms with Gasteiger partial charge in [0.15, 0.2) is 0 Å². The number of carbonyl (C=O) groups is 1. The Morgan fingerprint density at radius 2 is 1.87 bits per heavy atom. The number of carbonyl (C=O) groups excluding carboxylic acids is 1. The van der Waals surface area contributed by atoms with E-state index in [2.05, 4.69) is 25.7 Å². The van der Waals surface area contributed by atoms with Crippen LogP contribution in [0.1, 0.15) is 12.5 Å². The molecule has 9 heteroatoms. The third-order valence-corrected chi connectivity index (χ3v) is 5.91. The van der Waals surface area contributed by atoms with E-state index < -0.39 is 0 Å². The Balaban J connectivity index is 1.34. The van der Waals surface area contributed by atoms with Gasteiger partial charge in [-0.25, -0.2) is 4.68 Å². The first-order valence-electron chi connectivity index (χ1n) is 9.89. The minimum atomic E-state index is -0.343. The Kier molecular flexibility index (Phi) is 6.60. The fourth-order valence-corrected chi connectivity index (χ4v) is 3.96. The Bertz CT molecular complexity index is 957. The summed E-state index contributed by atoms with van der Waals surface area (Å²) >= 11 is 1.34. The van der Waals surface area contributed by atoms with Gasteiger partial charge >= 0.3 is 0 Å². The van der Waals surface area contributed by atoms with E-state index in [1.54, 1.807) is 4.68 Å². The molecule has 1 saturated heterocycles. The van der Waals surface area contributed by atoms with E-state index >= 15 is 0 Å². The van der Waals surface area contributed by atoms with Crippen LogP contribution in [0.4, 0.5) is 11.4 Å². The SMILES string of the molecule is CC(Sc1nnnn1Cc1ccccc1)C(=O)Nc1ccc(N2CCOCC2)cc1. The van der Waals surface area contributed by atoms with Crippen molar-refractivity contribution in [2.24, 2.45) is 0 Å². The van der Waals surface area contributed by atoms with E-state index in [-0.39, 0.29) is 11.2 Å².